The van der Waals surface area contributed by atoms with E-state index in [9.17, 15) is 9.00 Å². The molecule has 1 aliphatic carbocycles. The number of hydrogen-bond acceptors (Lipinski definition) is 4. The second-order valence-electron chi connectivity index (χ2n) is 6.36. The Balaban J connectivity index is 0.00000312. The van der Waals surface area contributed by atoms with Gasteiger partial charge in [-0.05, 0) is 49.0 Å². The Morgan fingerprint density at radius 3 is 2.76 bits per heavy atom. The Morgan fingerprint density at radius 1 is 1.36 bits per heavy atom. The van der Waals surface area contributed by atoms with Gasteiger partial charge < -0.3 is 11.1 Å². The number of anilines is 1. The number of rotatable bonds is 8. The fourth-order valence-corrected chi connectivity index (χ4v) is 5.05. The van der Waals surface area contributed by atoms with Crippen molar-refractivity contribution < 1.29 is 9.00 Å². The zero-order chi connectivity index (χ0) is 17.4. The molecule has 0 aromatic heterocycles. The van der Waals surface area contributed by atoms with E-state index in [2.05, 4.69) is 5.32 Å². The average Bonchev–Trinajstić information content (AvgIpc) is 2.60. The molecule has 142 valence electrons. The predicted molar refractivity (Wildman–Crippen MR) is 112 cm³/mol. The monoisotopic (exact) mass is 404 g/mol. The van der Waals surface area contributed by atoms with Gasteiger partial charge >= 0.3 is 0 Å². The van der Waals surface area contributed by atoms with Crippen molar-refractivity contribution in [3.63, 3.8) is 0 Å². The molecule has 2 rings (SSSR count). The second kappa shape index (κ2) is 11.9. The fraction of sp³-hybridized carbons (Fsp3) is 0.611. The van der Waals surface area contributed by atoms with Crippen molar-refractivity contribution >= 4 is 46.6 Å². The minimum absolute atomic E-state index is 0. The molecule has 1 saturated carbocycles. The van der Waals surface area contributed by atoms with E-state index in [1.165, 1.54) is 19.3 Å². The summed E-state index contributed by atoms with van der Waals surface area (Å²) in [5, 5.41) is 3.20. The maximum atomic E-state index is 12.5. The van der Waals surface area contributed by atoms with E-state index in [-0.39, 0.29) is 18.3 Å². The highest BCUT2D eigenvalue weighted by Gasteiger charge is 2.20. The molecule has 1 amide bonds. The van der Waals surface area contributed by atoms with Crippen molar-refractivity contribution in [1.29, 1.82) is 0 Å². The van der Waals surface area contributed by atoms with Crippen LogP contribution >= 0.6 is 24.2 Å². The molecule has 3 N–H and O–H groups in total. The molecular weight excluding hydrogens is 376 g/mol. The molecule has 1 aromatic carbocycles. The van der Waals surface area contributed by atoms with Crippen LogP contribution in [0.25, 0.3) is 0 Å². The van der Waals surface area contributed by atoms with Crippen LogP contribution in [0.1, 0.15) is 44.1 Å². The minimum atomic E-state index is -0.832. The predicted octanol–water partition coefficient (Wildman–Crippen LogP) is 3.71. The summed E-state index contributed by atoms with van der Waals surface area (Å²) in [5.41, 5.74) is 7.64. The van der Waals surface area contributed by atoms with Gasteiger partial charge in [0.05, 0.1) is 6.04 Å². The van der Waals surface area contributed by atoms with Crippen LogP contribution < -0.4 is 11.1 Å². The van der Waals surface area contributed by atoms with Gasteiger partial charge in [-0.1, -0.05) is 31.4 Å². The van der Waals surface area contributed by atoms with Crippen LogP contribution in [-0.4, -0.2) is 33.4 Å². The summed E-state index contributed by atoms with van der Waals surface area (Å²) >= 11 is 1.68. The number of halogens is 1. The first-order chi connectivity index (χ1) is 11.6. The minimum Gasteiger partial charge on any atom is -0.325 e. The molecule has 2 atom stereocenters. The van der Waals surface area contributed by atoms with Gasteiger partial charge in [0, 0.05) is 27.5 Å². The standard InChI is InChI=1S/C18H28N2O2S2.ClH/c1-23-11-10-17(19)18(21)20-15-7-5-6-14(12-15)13-24(22)16-8-3-2-4-9-16;/h5-7,12,16-17H,2-4,8-11,13,19H2,1H3,(H,20,21);1H/t17-,24?;/m0./s1. The van der Waals surface area contributed by atoms with Crippen LogP contribution in [0.3, 0.4) is 0 Å². The Labute approximate surface area is 164 Å². The Bertz CT molecular complexity index is 566. The summed E-state index contributed by atoms with van der Waals surface area (Å²) < 4.78 is 12.5. The van der Waals surface area contributed by atoms with Gasteiger partial charge in [-0.25, -0.2) is 0 Å². The lowest BCUT2D eigenvalue weighted by molar-refractivity contribution is -0.117. The van der Waals surface area contributed by atoms with Gasteiger partial charge in [0.2, 0.25) is 5.91 Å². The molecule has 0 spiro atoms. The van der Waals surface area contributed by atoms with Crippen molar-refractivity contribution in [2.45, 2.75) is 55.6 Å². The van der Waals surface area contributed by atoms with Gasteiger partial charge in [-0.15, -0.1) is 12.4 Å². The molecule has 1 aliphatic rings. The van der Waals surface area contributed by atoms with Crippen molar-refractivity contribution in [2.75, 3.05) is 17.3 Å². The van der Waals surface area contributed by atoms with E-state index in [4.69, 9.17) is 5.73 Å². The maximum absolute atomic E-state index is 12.5. The highest BCUT2D eigenvalue weighted by molar-refractivity contribution is 7.98. The van der Waals surface area contributed by atoms with E-state index in [1.54, 1.807) is 11.8 Å². The number of amides is 1. The molecule has 0 radical (unpaired) electrons. The number of hydrogen-bond donors (Lipinski definition) is 2. The first-order valence-electron chi connectivity index (χ1n) is 8.61. The third-order valence-corrected chi connectivity index (χ3v) is 6.87. The van der Waals surface area contributed by atoms with E-state index < -0.39 is 16.8 Å². The van der Waals surface area contributed by atoms with Gasteiger partial charge in [0.15, 0.2) is 0 Å². The molecule has 0 heterocycles. The lowest BCUT2D eigenvalue weighted by Crippen LogP contribution is -2.36. The largest absolute Gasteiger partial charge is 0.325 e. The highest BCUT2D eigenvalue weighted by Crippen LogP contribution is 2.24. The molecule has 1 fully saturated rings. The topological polar surface area (TPSA) is 72.2 Å². The summed E-state index contributed by atoms with van der Waals surface area (Å²) in [6.45, 7) is 0. The normalized spacial score (nSPS) is 17.4. The maximum Gasteiger partial charge on any atom is 0.241 e. The molecule has 0 bridgehead atoms. The smallest absolute Gasteiger partial charge is 0.241 e. The molecule has 7 heteroatoms. The van der Waals surface area contributed by atoms with Crippen molar-refractivity contribution in [3.8, 4) is 0 Å². The zero-order valence-corrected chi connectivity index (χ0v) is 17.2. The summed E-state index contributed by atoms with van der Waals surface area (Å²) in [4.78, 5) is 12.1. The number of nitrogens with two attached hydrogens (primary N) is 1. The molecule has 4 nitrogen and oxygen atoms in total. The van der Waals surface area contributed by atoms with Crippen LogP contribution in [0.4, 0.5) is 5.69 Å². The SMILES string of the molecule is CSCC[C@H](N)C(=O)Nc1cccc(CS(=O)C2CCCCC2)c1.Cl. The zero-order valence-electron chi connectivity index (χ0n) is 14.7. The van der Waals surface area contributed by atoms with Crippen LogP contribution in [0.15, 0.2) is 24.3 Å². The van der Waals surface area contributed by atoms with Crippen LogP contribution in [0.2, 0.25) is 0 Å². The van der Waals surface area contributed by atoms with Crippen LogP contribution in [-0.2, 0) is 21.3 Å². The quantitative estimate of drug-likeness (QED) is 0.692. The lowest BCUT2D eigenvalue weighted by atomic mass is 10.0. The van der Waals surface area contributed by atoms with E-state index in [0.717, 1.165) is 29.8 Å². The summed E-state index contributed by atoms with van der Waals surface area (Å²) in [7, 11) is -0.832. The summed E-state index contributed by atoms with van der Waals surface area (Å²) in [5.74, 6) is 1.27. The van der Waals surface area contributed by atoms with E-state index in [1.807, 2.05) is 30.5 Å². The molecule has 0 aliphatic heterocycles. The number of carbonyl (C=O) groups is 1. The van der Waals surface area contributed by atoms with Gasteiger partial charge in [-0.2, -0.15) is 11.8 Å². The molecule has 0 saturated heterocycles. The number of nitrogens with one attached hydrogen (secondary N) is 1. The Kier molecular flexibility index (Phi) is 10.7. The van der Waals surface area contributed by atoms with Gasteiger partial charge in [-0.3, -0.25) is 9.00 Å². The lowest BCUT2D eigenvalue weighted by Gasteiger charge is -2.21. The molecule has 25 heavy (non-hydrogen) atoms. The molecule has 1 aromatic rings. The number of thioether (sulfide) groups is 1. The van der Waals surface area contributed by atoms with Gasteiger partial charge in [0.1, 0.15) is 0 Å². The van der Waals surface area contributed by atoms with Gasteiger partial charge in [0.25, 0.3) is 0 Å². The van der Waals surface area contributed by atoms with E-state index in [0.29, 0.717) is 17.4 Å². The highest BCUT2D eigenvalue weighted by atomic mass is 35.5. The van der Waals surface area contributed by atoms with Crippen molar-refractivity contribution in [3.05, 3.63) is 29.8 Å². The fourth-order valence-electron chi connectivity index (χ4n) is 2.96. The summed E-state index contributed by atoms with van der Waals surface area (Å²) in [6, 6.07) is 7.16. The van der Waals surface area contributed by atoms with Crippen molar-refractivity contribution in [2.24, 2.45) is 5.73 Å². The third kappa shape index (κ3) is 7.69. The molecule has 1 unspecified atom stereocenters. The first-order valence-corrected chi connectivity index (χ1v) is 11.4. The Morgan fingerprint density at radius 2 is 2.08 bits per heavy atom. The summed E-state index contributed by atoms with van der Waals surface area (Å²) in [6.07, 6.45) is 8.48. The Hall–Kier alpha value is -0.560. The molecular formula is C18H29ClN2O2S2. The van der Waals surface area contributed by atoms with Crippen LogP contribution in [0, 0.1) is 0 Å². The first kappa shape index (κ1) is 22.5. The van der Waals surface area contributed by atoms with E-state index >= 15 is 0 Å². The second-order valence-corrected chi connectivity index (χ2v) is 9.07. The third-order valence-electron chi connectivity index (χ3n) is 4.40. The number of benzene rings is 1. The number of carbonyl (C=O) groups excluding carboxylic acids is 1. The van der Waals surface area contributed by atoms with Crippen molar-refractivity contribution in [1.82, 2.24) is 0 Å². The average molecular weight is 405 g/mol. The van der Waals surface area contributed by atoms with Crippen LogP contribution in [0.5, 0.6) is 0 Å².